The van der Waals surface area contributed by atoms with E-state index < -0.39 is 0 Å². The molecule has 1 atom stereocenters. The first-order chi connectivity index (χ1) is 13.1. The number of likely N-dealkylation sites (N-methyl/N-ethyl adjacent to an activating group) is 1. The topological polar surface area (TPSA) is 45.5 Å². The molecule has 3 rings (SSSR count). The Morgan fingerprint density at radius 3 is 2.00 bits per heavy atom. The monoisotopic (exact) mass is 362 g/mol. The molecule has 0 spiro atoms. The van der Waals surface area contributed by atoms with E-state index in [0.29, 0.717) is 13.0 Å². The fourth-order valence-electron chi connectivity index (χ4n) is 3.29. The van der Waals surface area contributed by atoms with Crippen molar-refractivity contribution in [1.29, 1.82) is 0 Å². The van der Waals surface area contributed by atoms with E-state index in [-0.39, 0.29) is 17.9 Å². The number of benzene rings is 2. The number of amides is 1. The molecule has 0 saturated carbocycles. The molecule has 1 N–H and O–H groups in total. The maximum Gasteiger partial charge on any atom is 0.221 e. The molecule has 0 aliphatic rings. The number of nitrogens with zero attached hydrogens (tertiary/aromatic N) is 1. The Hall–Kier alpha value is -2.85. The molecule has 2 aromatic carbocycles. The first kappa shape index (κ1) is 18.9. The number of hydrogen-bond acceptors (Lipinski definition) is 3. The van der Waals surface area contributed by atoms with Crippen molar-refractivity contribution in [2.24, 2.45) is 0 Å². The van der Waals surface area contributed by atoms with Gasteiger partial charge in [0, 0.05) is 18.9 Å². The van der Waals surface area contributed by atoms with E-state index >= 15 is 0 Å². The molecular formula is C23H26N2O2. The molecule has 4 heteroatoms. The van der Waals surface area contributed by atoms with E-state index in [2.05, 4.69) is 29.6 Å². The minimum atomic E-state index is 0.0100. The highest BCUT2D eigenvalue weighted by Crippen LogP contribution is 2.28. The fraction of sp³-hybridized carbons (Fsp3) is 0.261. The molecule has 0 fully saturated rings. The number of furan rings is 1. The maximum atomic E-state index is 12.7. The van der Waals surface area contributed by atoms with Crippen LogP contribution in [0.1, 0.15) is 35.3 Å². The summed E-state index contributed by atoms with van der Waals surface area (Å²) in [4.78, 5) is 14.8. The minimum Gasteiger partial charge on any atom is -0.468 e. The van der Waals surface area contributed by atoms with Crippen LogP contribution in [0.3, 0.4) is 0 Å². The lowest BCUT2D eigenvalue weighted by Crippen LogP contribution is -2.35. The summed E-state index contributed by atoms with van der Waals surface area (Å²) in [6, 6.07) is 24.2. The molecular weight excluding hydrogens is 336 g/mol. The van der Waals surface area contributed by atoms with Gasteiger partial charge in [-0.15, -0.1) is 0 Å². The van der Waals surface area contributed by atoms with Crippen LogP contribution < -0.4 is 5.32 Å². The highest BCUT2D eigenvalue weighted by molar-refractivity contribution is 5.77. The summed E-state index contributed by atoms with van der Waals surface area (Å²) in [7, 11) is 3.96. The normalized spacial score (nSPS) is 12.3. The maximum absolute atomic E-state index is 12.7. The Morgan fingerprint density at radius 2 is 1.52 bits per heavy atom. The van der Waals surface area contributed by atoms with Crippen molar-refractivity contribution < 1.29 is 9.21 Å². The molecule has 1 unspecified atom stereocenters. The number of hydrogen-bond donors (Lipinski definition) is 1. The van der Waals surface area contributed by atoms with Gasteiger partial charge in [-0.3, -0.25) is 9.69 Å². The van der Waals surface area contributed by atoms with Gasteiger partial charge in [0.05, 0.1) is 12.3 Å². The number of rotatable bonds is 8. The van der Waals surface area contributed by atoms with Crippen LogP contribution in [-0.2, 0) is 4.79 Å². The van der Waals surface area contributed by atoms with Crippen LogP contribution in [0.4, 0.5) is 0 Å². The van der Waals surface area contributed by atoms with Gasteiger partial charge in [0.25, 0.3) is 0 Å². The molecule has 3 aromatic rings. The number of carbonyl (C=O) groups is 1. The van der Waals surface area contributed by atoms with E-state index in [1.165, 1.54) is 0 Å². The van der Waals surface area contributed by atoms with Gasteiger partial charge in [-0.2, -0.15) is 0 Å². The van der Waals surface area contributed by atoms with Crippen molar-refractivity contribution in [3.8, 4) is 0 Å². The highest BCUT2D eigenvalue weighted by Gasteiger charge is 2.21. The zero-order chi connectivity index (χ0) is 19.1. The van der Waals surface area contributed by atoms with E-state index in [9.17, 15) is 4.79 Å². The molecule has 27 heavy (non-hydrogen) atoms. The molecule has 4 nitrogen and oxygen atoms in total. The molecule has 0 bridgehead atoms. The summed E-state index contributed by atoms with van der Waals surface area (Å²) in [5.41, 5.74) is 2.29. The van der Waals surface area contributed by atoms with Crippen LogP contribution in [0, 0.1) is 0 Å². The van der Waals surface area contributed by atoms with Crippen molar-refractivity contribution in [3.05, 3.63) is 95.9 Å². The minimum absolute atomic E-state index is 0.0100. The van der Waals surface area contributed by atoms with E-state index in [1.807, 2.05) is 67.5 Å². The quantitative estimate of drug-likeness (QED) is 0.652. The van der Waals surface area contributed by atoms with Crippen LogP contribution >= 0.6 is 0 Å². The summed E-state index contributed by atoms with van der Waals surface area (Å²) in [5, 5.41) is 3.08. The van der Waals surface area contributed by atoms with Gasteiger partial charge in [-0.25, -0.2) is 0 Å². The Balaban J connectivity index is 1.69. The predicted octanol–water partition coefficient (Wildman–Crippen LogP) is 4.22. The molecule has 0 saturated heterocycles. The largest absolute Gasteiger partial charge is 0.468 e. The number of nitrogens with one attached hydrogen (secondary N) is 1. The lowest BCUT2D eigenvalue weighted by atomic mass is 9.88. The van der Waals surface area contributed by atoms with Gasteiger partial charge in [0.15, 0.2) is 0 Å². The van der Waals surface area contributed by atoms with Gasteiger partial charge in [0.2, 0.25) is 5.91 Å². The van der Waals surface area contributed by atoms with Crippen LogP contribution in [0.5, 0.6) is 0 Å². The Morgan fingerprint density at radius 1 is 0.926 bits per heavy atom. The Bertz CT molecular complexity index is 775. The third-order valence-electron chi connectivity index (χ3n) is 4.78. The van der Waals surface area contributed by atoms with Crippen molar-refractivity contribution in [2.45, 2.75) is 18.4 Å². The summed E-state index contributed by atoms with van der Waals surface area (Å²) < 4.78 is 5.52. The summed E-state index contributed by atoms with van der Waals surface area (Å²) in [6.45, 7) is 0.510. The van der Waals surface area contributed by atoms with Crippen molar-refractivity contribution in [1.82, 2.24) is 10.2 Å². The first-order valence-electron chi connectivity index (χ1n) is 9.21. The zero-order valence-corrected chi connectivity index (χ0v) is 15.8. The predicted molar refractivity (Wildman–Crippen MR) is 107 cm³/mol. The molecule has 0 radical (unpaired) electrons. The van der Waals surface area contributed by atoms with Gasteiger partial charge >= 0.3 is 0 Å². The van der Waals surface area contributed by atoms with Gasteiger partial charge < -0.3 is 9.73 Å². The molecule has 0 aliphatic heterocycles. The van der Waals surface area contributed by atoms with E-state index in [4.69, 9.17) is 4.42 Å². The third kappa shape index (κ3) is 5.08. The number of carbonyl (C=O) groups excluding carboxylic acids is 1. The summed E-state index contributed by atoms with van der Waals surface area (Å²) >= 11 is 0. The van der Waals surface area contributed by atoms with Crippen LogP contribution in [-0.4, -0.2) is 31.4 Å². The zero-order valence-electron chi connectivity index (χ0n) is 15.8. The average Bonchev–Trinajstić information content (AvgIpc) is 3.22. The average molecular weight is 362 g/mol. The van der Waals surface area contributed by atoms with Crippen LogP contribution in [0.15, 0.2) is 83.5 Å². The van der Waals surface area contributed by atoms with E-state index in [0.717, 1.165) is 16.9 Å². The van der Waals surface area contributed by atoms with Crippen molar-refractivity contribution in [3.63, 3.8) is 0 Å². The molecule has 140 valence electrons. The second kappa shape index (κ2) is 9.19. The fourth-order valence-corrected chi connectivity index (χ4v) is 3.29. The Labute approximate surface area is 160 Å². The van der Waals surface area contributed by atoms with Crippen LogP contribution in [0.2, 0.25) is 0 Å². The van der Waals surface area contributed by atoms with Gasteiger partial charge in [-0.1, -0.05) is 60.7 Å². The van der Waals surface area contributed by atoms with Crippen LogP contribution in [0.25, 0.3) is 0 Å². The molecule has 1 amide bonds. The highest BCUT2D eigenvalue weighted by atomic mass is 16.3. The molecule has 0 aliphatic carbocycles. The summed E-state index contributed by atoms with van der Waals surface area (Å²) in [5.74, 6) is 0.919. The molecule has 1 aromatic heterocycles. The second-order valence-corrected chi connectivity index (χ2v) is 6.88. The lowest BCUT2D eigenvalue weighted by molar-refractivity contribution is -0.121. The second-order valence-electron chi connectivity index (χ2n) is 6.88. The van der Waals surface area contributed by atoms with Gasteiger partial charge in [-0.05, 0) is 37.4 Å². The Kier molecular flexibility index (Phi) is 6.44. The standard InChI is InChI=1S/C23H26N2O2/c1-25(2)21(22-14-9-15-27-22)17-24-23(26)16-20(18-10-5-3-6-11-18)19-12-7-4-8-13-19/h3-15,20-21H,16-17H2,1-2H3,(H,24,26). The van der Waals surface area contributed by atoms with Crippen molar-refractivity contribution >= 4 is 5.91 Å². The summed E-state index contributed by atoms with van der Waals surface area (Å²) in [6.07, 6.45) is 2.07. The lowest BCUT2D eigenvalue weighted by Gasteiger charge is -2.23. The SMILES string of the molecule is CN(C)C(CNC(=O)CC(c1ccccc1)c1ccccc1)c1ccco1. The molecule has 1 heterocycles. The van der Waals surface area contributed by atoms with Crippen molar-refractivity contribution in [2.75, 3.05) is 20.6 Å². The van der Waals surface area contributed by atoms with E-state index in [1.54, 1.807) is 6.26 Å². The first-order valence-corrected chi connectivity index (χ1v) is 9.21. The third-order valence-corrected chi connectivity index (χ3v) is 4.78. The smallest absolute Gasteiger partial charge is 0.221 e. The van der Waals surface area contributed by atoms with Gasteiger partial charge in [0.1, 0.15) is 5.76 Å².